The lowest BCUT2D eigenvalue weighted by Gasteiger charge is -1.75. The predicted octanol–water partition coefficient (Wildman–Crippen LogP) is 1.65. The molecule has 0 aliphatic heterocycles. The van der Waals surface area contributed by atoms with Gasteiger partial charge in [0.15, 0.2) is 0 Å². The van der Waals surface area contributed by atoms with Crippen LogP contribution >= 0.6 is 11.6 Å². The molecule has 0 atom stereocenters. The van der Waals surface area contributed by atoms with Gasteiger partial charge >= 0.3 is 0 Å². The molecule has 40 valence electrons. The molecular weight excluding hydrogens is 122 g/mol. The topological polar surface area (TPSA) is 15.8 Å². The maximum absolute atomic E-state index is 5.49. The van der Waals surface area contributed by atoms with Crippen LogP contribution in [0.2, 0.25) is 5.15 Å². The molecule has 0 saturated heterocycles. The molecule has 1 rings (SSSR count). The van der Waals surface area contributed by atoms with Crippen molar-refractivity contribution in [2.24, 2.45) is 0 Å². The van der Waals surface area contributed by atoms with Crippen molar-refractivity contribution in [3.05, 3.63) is 23.0 Å². The normalized spacial score (nSPS) is 8.50. The number of hydrogen-bond donors (Lipinski definition) is 1. The van der Waals surface area contributed by atoms with Crippen LogP contribution in [0.15, 0.2) is 12.1 Å². The summed E-state index contributed by atoms with van der Waals surface area (Å²) in [7, 11) is 0. The number of halogens is 1. The van der Waals surface area contributed by atoms with E-state index in [1.807, 2.05) is 0 Å². The Morgan fingerprint density at radius 3 is 2.62 bits per heavy atom. The van der Waals surface area contributed by atoms with E-state index in [-0.39, 0.29) is 0 Å². The standard InChI is InChI=1S/C6H4ClN/c1-2-5-3-4-6(7)8-5/h1,3-4,8H. The van der Waals surface area contributed by atoms with Gasteiger partial charge in [-0.05, 0) is 12.1 Å². The van der Waals surface area contributed by atoms with Gasteiger partial charge in [-0.2, -0.15) is 0 Å². The molecule has 1 N–H and O–H groups in total. The van der Waals surface area contributed by atoms with Gasteiger partial charge in [-0.1, -0.05) is 17.5 Å². The van der Waals surface area contributed by atoms with Crippen LogP contribution in [0.4, 0.5) is 0 Å². The predicted molar refractivity (Wildman–Crippen MR) is 33.7 cm³/mol. The van der Waals surface area contributed by atoms with Gasteiger partial charge in [-0.3, -0.25) is 0 Å². The van der Waals surface area contributed by atoms with E-state index in [1.54, 1.807) is 12.1 Å². The highest BCUT2D eigenvalue weighted by molar-refractivity contribution is 6.29. The third-order valence-electron chi connectivity index (χ3n) is 0.806. The van der Waals surface area contributed by atoms with Crippen molar-refractivity contribution in [2.45, 2.75) is 0 Å². The van der Waals surface area contributed by atoms with Crippen molar-refractivity contribution < 1.29 is 0 Å². The van der Waals surface area contributed by atoms with Gasteiger partial charge in [0, 0.05) is 0 Å². The van der Waals surface area contributed by atoms with Crippen LogP contribution in [0.3, 0.4) is 0 Å². The van der Waals surface area contributed by atoms with Crippen LogP contribution in [0.1, 0.15) is 5.69 Å². The minimum atomic E-state index is 0.581. The minimum Gasteiger partial charge on any atom is -0.339 e. The van der Waals surface area contributed by atoms with Crippen LogP contribution in [-0.4, -0.2) is 4.98 Å². The van der Waals surface area contributed by atoms with Crippen LogP contribution < -0.4 is 0 Å². The van der Waals surface area contributed by atoms with Crippen molar-refractivity contribution in [3.63, 3.8) is 0 Å². The first-order chi connectivity index (χ1) is 3.83. The molecule has 0 amide bonds. The lowest BCUT2D eigenvalue weighted by Crippen LogP contribution is -1.66. The van der Waals surface area contributed by atoms with Crippen LogP contribution in [0.5, 0.6) is 0 Å². The molecule has 0 spiro atoms. The zero-order valence-electron chi connectivity index (χ0n) is 4.11. The lowest BCUT2D eigenvalue weighted by atomic mass is 10.5. The largest absolute Gasteiger partial charge is 0.339 e. The number of nitrogens with one attached hydrogen (secondary N) is 1. The maximum Gasteiger partial charge on any atom is 0.107 e. The van der Waals surface area contributed by atoms with Crippen molar-refractivity contribution in [1.29, 1.82) is 0 Å². The molecule has 2 heteroatoms. The van der Waals surface area contributed by atoms with Gasteiger partial charge < -0.3 is 4.98 Å². The molecule has 0 radical (unpaired) electrons. The first-order valence-electron chi connectivity index (χ1n) is 2.14. The van der Waals surface area contributed by atoms with Gasteiger partial charge in [0.1, 0.15) is 5.15 Å². The number of H-pyrrole nitrogens is 1. The molecule has 0 bridgehead atoms. The smallest absolute Gasteiger partial charge is 0.107 e. The summed E-state index contributed by atoms with van der Waals surface area (Å²) in [5, 5.41) is 0.581. The maximum atomic E-state index is 5.49. The first-order valence-corrected chi connectivity index (χ1v) is 2.52. The highest BCUT2D eigenvalue weighted by Crippen LogP contribution is 2.05. The molecule has 0 aromatic carbocycles. The molecule has 1 nitrogen and oxygen atoms in total. The van der Waals surface area contributed by atoms with E-state index in [1.165, 1.54) is 0 Å². The Bertz CT molecular complexity index is 219. The van der Waals surface area contributed by atoms with Crippen LogP contribution in [0, 0.1) is 12.3 Å². The van der Waals surface area contributed by atoms with Crippen molar-refractivity contribution in [3.8, 4) is 12.3 Å². The Morgan fingerprint density at radius 2 is 2.38 bits per heavy atom. The Morgan fingerprint density at radius 1 is 1.62 bits per heavy atom. The molecule has 0 aliphatic carbocycles. The summed E-state index contributed by atoms with van der Waals surface area (Å²) in [6, 6.07) is 3.47. The molecule has 8 heavy (non-hydrogen) atoms. The van der Waals surface area contributed by atoms with Crippen LogP contribution in [0.25, 0.3) is 0 Å². The summed E-state index contributed by atoms with van der Waals surface area (Å²) in [4.78, 5) is 2.76. The minimum absolute atomic E-state index is 0.581. The lowest BCUT2D eigenvalue weighted by molar-refractivity contribution is 1.37. The molecular formula is C6H4ClN. The second-order valence-electron chi connectivity index (χ2n) is 1.36. The number of terminal acetylenes is 1. The highest BCUT2D eigenvalue weighted by atomic mass is 35.5. The van der Waals surface area contributed by atoms with Crippen molar-refractivity contribution in [1.82, 2.24) is 4.98 Å². The molecule has 0 fully saturated rings. The number of hydrogen-bond acceptors (Lipinski definition) is 0. The Labute approximate surface area is 52.7 Å². The Kier molecular flexibility index (Phi) is 1.27. The summed E-state index contributed by atoms with van der Waals surface area (Å²) in [6.45, 7) is 0. The van der Waals surface area contributed by atoms with E-state index >= 15 is 0 Å². The summed E-state index contributed by atoms with van der Waals surface area (Å²) in [6.07, 6.45) is 5.02. The summed E-state index contributed by atoms with van der Waals surface area (Å²) in [5.41, 5.74) is 0.718. The van der Waals surface area contributed by atoms with Gasteiger partial charge in [-0.25, -0.2) is 0 Å². The number of aromatic amines is 1. The summed E-state index contributed by atoms with van der Waals surface area (Å²) >= 11 is 5.49. The fourth-order valence-corrected chi connectivity index (χ4v) is 0.617. The molecule has 1 aromatic heterocycles. The zero-order valence-corrected chi connectivity index (χ0v) is 4.87. The van der Waals surface area contributed by atoms with E-state index < -0.39 is 0 Å². The number of aromatic nitrogens is 1. The molecule has 0 saturated carbocycles. The van der Waals surface area contributed by atoms with Crippen LogP contribution in [-0.2, 0) is 0 Å². The third-order valence-corrected chi connectivity index (χ3v) is 1.03. The van der Waals surface area contributed by atoms with Gasteiger partial charge in [0.05, 0.1) is 5.69 Å². The van der Waals surface area contributed by atoms with Gasteiger partial charge in [0.2, 0.25) is 0 Å². The van der Waals surface area contributed by atoms with Gasteiger partial charge in [0.25, 0.3) is 0 Å². The molecule has 0 unspecified atom stereocenters. The molecule has 0 aliphatic rings. The SMILES string of the molecule is C#Cc1ccc(Cl)[nH]1. The average Bonchev–Trinajstić information content (AvgIpc) is 2.14. The summed E-state index contributed by atoms with van der Waals surface area (Å²) in [5.74, 6) is 2.41. The first kappa shape index (κ1) is 5.27. The molecule has 1 heterocycles. The van der Waals surface area contributed by atoms with E-state index in [0.717, 1.165) is 5.69 Å². The summed E-state index contributed by atoms with van der Waals surface area (Å²) < 4.78 is 0. The van der Waals surface area contributed by atoms with E-state index in [4.69, 9.17) is 18.0 Å². The van der Waals surface area contributed by atoms with Crippen molar-refractivity contribution >= 4 is 11.6 Å². The van der Waals surface area contributed by atoms with E-state index in [0.29, 0.717) is 5.15 Å². The number of rotatable bonds is 0. The Balaban J connectivity index is 3.05. The fourth-order valence-electron chi connectivity index (χ4n) is 0.453. The van der Waals surface area contributed by atoms with Gasteiger partial charge in [-0.15, -0.1) is 6.42 Å². The zero-order chi connectivity index (χ0) is 5.98. The van der Waals surface area contributed by atoms with Crippen molar-refractivity contribution in [2.75, 3.05) is 0 Å². The molecule has 1 aromatic rings. The second kappa shape index (κ2) is 1.94. The Hall–Kier alpha value is -0.870. The second-order valence-corrected chi connectivity index (χ2v) is 1.77. The average molecular weight is 126 g/mol. The third kappa shape index (κ3) is 0.853. The van der Waals surface area contributed by atoms with E-state index in [2.05, 4.69) is 10.9 Å². The monoisotopic (exact) mass is 125 g/mol. The van der Waals surface area contributed by atoms with E-state index in [9.17, 15) is 0 Å². The highest BCUT2D eigenvalue weighted by Gasteiger charge is 1.87. The quantitative estimate of drug-likeness (QED) is 0.508. The fraction of sp³-hybridized carbons (Fsp3) is 0.